The summed E-state index contributed by atoms with van der Waals surface area (Å²) in [5, 5.41) is 0. The number of imidazole rings is 2. The maximum Gasteiger partial charge on any atom is 0.238 e. The Labute approximate surface area is 273 Å². The number of nitrogens with zero attached hydrogens (tertiary/aromatic N) is 4. The number of fused-ring (bicyclic) bond motifs is 12. The lowest BCUT2D eigenvalue weighted by Gasteiger charge is -2.17. The molecule has 4 amide bonds. The van der Waals surface area contributed by atoms with Gasteiger partial charge in [-0.15, -0.1) is 0 Å². The van der Waals surface area contributed by atoms with Gasteiger partial charge in [-0.3, -0.25) is 24.1 Å². The van der Waals surface area contributed by atoms with E-state index in [1.165, 1.54) is 9.80 Å². The van der Waals surface area contributed by atoms with Crippen LogP contribution in [0.2, 0.25) is 0 Å². The number of aromatic amines is 2. The van der Waals surface area contributed by atoms with Gasteiger partial charge in [0.05, 0.1) is 57.1 Å². The van der Waals surface area contributed by atoms with Gasteiger partial charge in [0.15, 0.2) is 0 Å². The third-order valence-corrected chi connectivity index (χ3v) is 11.8. The number of anilines is 2. The van der Waals surface area contributed by atoms with E-state index in [0.29, 0.717) is 23.0 Å². The predicted molar refractivity (Wildman–Crippen MR) is 177 cm³/mol. The van der Waals surface area contributed by atoms with E-state index in [2.05, 4.69) is 34.3 Å². The van der Waals surface area contributed by atoms with Gasteiger partial charge in [0.2, 0.25) is 23.6 Å². The Bertz CT molecular complexity index is 2310. The first-order valence-electron chi connectivity index (χ1n) is 16.6. The molecule has 48 heavy (non-hydrogen) atoms. The summed E-state index contributed by atoms with van der Waals surface area (Å²) >= 11 is 0. The van der Waals surface area contributed by atoms with Crippen LogP contribution in [0, 0.1) is 47.3 Å². The van der Waals surface area contributed by atoms with Crippen molar-refractivity contribution in [1.82, 2.24) is 19.9 Å². The third-order valence-electron chi connectivity index (χ3n) is 11.8. The average molecular weight is 633 g/mol. The first-order valence-corrected chi connectivity index (χ1v) is 16.6. The summed E-state index contributed by atoms with van der Waals surface area (Å²) in [6.45, 7) is 0. The highest BCUT2D eigenvalue weighted by Gasteiger charge is 2.60. The number of hydrogen-bond donors (Lipinski definition) is 2. The van der Waals surface area contributed by atoms with E-state index in [1.807, 2.05) is 54.6 Å². The molecule has 10 nitrogen and oxygen atoms in total. The molecule has 0 unspecified atom stereocenters. The number of benzene rings is 3. The van der Waals surface area contributed by atoms with Crippen molar-refractivity contribution in [1.29, 1.82) is 0 Å². The van der Waals surface area contributed by atoms with Gasteiger partial charge in [0, 0.05) is 11.1 Å². The number of carbonyl (C=O) groups excluding carboxylic acids is 4. The lowest BCUT2D eigenvalue weighted by molar-refractivity contribution is -0.124. The van der Waals surface area contributed by atoms with Crippen molar-refractivity contribution in [3.8, 4) is 22.8 Å². The second-order valence-corrected chi connectivity index (χ2v) is 14.2. The maximum absolute atomic E-state index is 13.3. The van der Waals surface area contributed by atoms with Crippen molar-refractivity contribution in [2.75, 3.05) is 9.80 Å². The fourth-order valence-electron chi connectivity index (χ4n) is 9.65. The van der Waals surface area contributed by atoms with Crippen molar-refractivity contribution in [2.24, 2.45) is 47.3 Å². The quantitative estimate of drug-likeness (QED) is 0.202. The third kappa shape index (κ3) is 3.36. The molecule has 10 heteroatoms. The minimum absolute atomic E-state index is 0.0859. The Morgan fingerprint density at radius 2 is 0.917 bits per heavy atom. The molecule has 4 bridgehead atoms. The fourth-order valence-corrected chi connectivity index (χ4v) is 9.65. The molecule has 2 saturated heterocycles. The zero-order valence-electron chi connectivity index (χ0n) is 25.5. The molecule has 8 atom stereocenters. The number of imide groups is 2. The number of nitrogens with one attached hydrogen (secondary N) is 2. The Morgan fingerprint density at radius 1 is 0.500 bits per heavy atom. The van der Waals surface area contributed by atoms with Gasteiger partial charge >= 0.3 is 0 Å². The molecule has 2 N–H and O–H groups in total. The van der Waals surface area contributed by atoms with E-state index in [9.17, 15) is 19.2 Å². The summed E-state index contributed by atoms with van der Waals surface area (Å²) in [6.07, 6.45) is 10.2. The van der Waals surface area contributed by atoms with E-state index in [1.54, 1.807) is 6.07 Å². The van der Waals surface area contributed by atoms with Gasteiger partial charge in [-0.05, 0) is 97.2 Å². The molecule has 6 aliphatic rings. The summed E-state index contributed by atoms with van der Waals surface area (Å²) < 4.78 is 0. The van der Waals surface area contributed by atoms with Crippen LogP contribution in [-0.4, -0.2) is 43.6 Å². The molecular formula is C38H28N6O4. The van der Waals surface area contributed by atoms with E-state index in [4.69, 9.17) is 9.97 Å². The molecule has 5 aromatic rings. The van der Waals surface area contributed by atoms with Crippen molar-refractivity contribution >= 4 is 57.1 Å². The number of rotatable bonds is 4. The Kier molecular flexibility index (Phi) is 4.97. The predicted octanol–water partition coefficient (Wildman–Crippen LogP) is 5.40. The molecular weight excluding hydrogens is 604 g/mol. The van der Waals surface area contributed by atoms with Gasteiger partial charge in [0.25, 0.3) is 0 Å². The Morgan fingerprint density at radius 3 is 1.46 bits per heavy atom. The number of aromatic nitrogens is 4. The van der Waals surface area contributed by atoms with Crippen LogP contribution in [0.4, 0.5) is 11.4 Å². The van der Waals surface area contributed by atoms with Gasteiger partial charge < -0.3 is 9.97 Å². The highest BCUT2D eigenvalue weighted by Crippen LogP contribution is 2.54. The van der Waals surface area contributed by atoms with Crippen LogP contribution in [0.1, 0.15) is 12.8 Å². The van der Waals surface area contributed by atoms with Crippen molar-refractivity contribution in [3.05, 3.63) is 85.0 Å². The molecule has 0 spiro atoms. The maximum atomic E-state index is 13.3. The molecule has 4 heterocycles. The summed E-state index contributed by atoms with van der Waals surface area (Å²) in [5.74, 6) is 0.732. The van der Waals surface area contributed by atoms with Gasteiger partial charge in [0.1, 0.15) is 11.6 Å². The number of carbonyl (C=O) groups is 4. The topological polar surface area (TPSA) is 132 Å². The summed E-state index contributed by atoms with van der Waals surface area (Å²) in [4.78, 5) is 72.3. The van der Waals surface area contributed by atoms with Crippen molar-refractivity contribution in [2.45, 2.75) is 12.8 Å². The molecule has 4 aliphatic carbocycles. The number of hydrogen-bond acceptors (Lipinski definition) is 6. The van der Waals surface area contributed by atoms with E-state index >= 15 is 0 Å². The average Bonchev–Trinajstić information content (AvgIpc) is 3.95. The zero-order chi connectivity index (χ0) is 32.0. The molecule has 2 aromatic heterocycles. The molecule has 0 radical (unpaired) electrons. The van der Waals surface area contributed by atoms with Crippen LogP contribution >= 0.6 is 0 Å². The van der Waals surface area contributed by atoms with Crippen LogP contribution in [0.3, 0.4) is 0 Å². The molecule has 11 rings (SSSR count). The molecule has 234 valence electrons. The normalized spacial score (nSPS) is 31.1. The molecule has 2 saturated carbocycles. The second-order valence-electron chi connectivity index (χ2n) is 14.2. The van der Waals surface area contributed by atoms with Crippen LogP contribution < -0.4 is 9.80 Å². The lowest BCUT2D eigenvalue weighted by atomic mass is 9.85. The van der Waals surface area contributed by atoms with Crippen LogP contribution in [0.25, 0.3) is 44.8 Å². The standard InChI is InChI=1S/C38H28N6O4/c45-35-29-18-1-2-19(13-18)30(29)36(46)43(35)23-8-5-17(6-9-23)33-39-25-11-7-22(15-27(25)41-33)34-40-26-12-10-24(16-28(26)42-34)44-37(47)31-20-3-4-21(14-20)32(31)38(44)48/h1-12,15-16,18-21,29-32H,13-14H2,(H,39,41)(H,40,42)/t18-,19+,20-,21+,29-,30-,31-,32+/m0/s1. The Hall–Kier alpha value is -5.64. The summed E-state index contributed by atoms with van der Waals surface area (Å²) in [7, 11) is 0. The highest BCUT2D eigenvalue weighted by molar-refractivity contribution is 6.24. The van der Waals surface area contributed by atoms with Gasteiger partial charge in [-0.1, -0.05) is 24.3 Å². The molecule has 2 aliphatic heterocycles. The van der Waals surface area contributed by atoms with Gasteiger partial charge in [-0.2, -0.15) is 0 Å². The summed E-state index contributed by atoms with van der Waals surface area (Å²) in [5.41, 5.74) is 5.97. The largest absolute Gasteiger partial charge is 0.338 e. The smallest absolute Gasteiger partial charge is 0.238 e. The van der Waals surface area contributed by atoms with Crippen molar-refractivity contribution < 1.29 is 19.2 Å². The number of amides is 4. The minimum atomic E-state index is -0.240. The second kappa shape index (κ2) is 9.03. The van der Waals surface area contributed by atoms with Crippen molar-refractivity contribution in [3.63, 3.8) is 0 Å². The number of H-pyrrole nitrogens is 2. The van der Waals surface area contributed by atoms with E-state index < -0.39 is 0 Å². The molecule has 3 aromatic carbocycles. The Balaban J connectivity index is 0.860. The number of allylic oxidation sites excluding steroid dienone is 4. The van der Waals surface area contributed by atoms with Crippen LogP contribution in [0.5, 0.6) is 0 Å². The zero-order valence-corrected chi connectivity index (χ0v) is 25.5. The van der Waals surface area contributed by atoms with E-state index in [-0.39, 0.29) is 71.0 Å². The summed E-state index contributed by atoms with van der Waals surface area (Å²) in [6, 6.07) is 18.8. The lowest BCUT2D eigenvalue weighted by Crippen LogP contribution is -2.32. The minimum Gasteiger partial charge on any atom is -0.338 e. The SMILES string of the molecule is O=C1[C@@H]2[C@@H](C(=O)N1c1ccc(-c3nc4ccc(-c5nc6ccc(N7C(=O)[C@@H]8[C@H](C7=O)[C@@H]7C=C[C@H]8C7)cc6[nH]5)cc4[nH]3)cc1)[C@H]1C=C[C@@H]2C1. The molecule has 4 fully saturated rings. The first kappa shape index (κ1) is 26.4. The highest BCUT2D eigenvalue weighted by atomic mass is 16.2. The fraction of sp³-hybridized carbons (Fsp3) is 0.263. The first-order chi connectivity index (χ1) is 23.4. The van der Waals surface area contributed by atoms with Crippen LogP contribution in [0.15, 0.2) is 85.0 Å². The van der Waals surface area contributed by atoms with Gasteiger partial charge in [-0.25, -0.2) is 14.9 Å². The monoisotopic (exact) mass is 632 g/mol. The van der Waals surface area contributed by atoms with E-state index in [0.717, 1.165) is 46.0 Å². The van der Waals surface area contributed by atoms with Crippen LogP contribution in [-0.2, 0) is 19.2 Å².